The molecule has 0 unspecified atom stereocenters. The van der Waals surface area contributed by atoms with Crippen LogP contribution in [0.25, 0.3) is 11.0 Å². The fourth-order valence-corrected chi connectivity index (χ4v) is 3.72. The number of ether oxygens (including phenoxy) is 2. The molecule has 0 saturated heterocycles. The first-order valence-corrected chi connectivity index (χ1v) is 10.6. The minimum atomic E-state index is -0.647. The Morgan fingerprint density at radius 1 is 1.23 bits per heavy atom. The Labute approximate surface area is 174 Å². The number of carbonyl (C=O) groups is 1. The van der Waals surface area contributed by atoms with E-state index < -0.39 is 6.29 Å². The third kappa shape index (κ3) is 4.57. The van der Waals surface area contributed by atoms with E-state index in [9.17, 15) is 9.59 Å². The van der Waals surface area contributed by atoms with E-state index >= 15 is 0 Å². The van der Waals surface area contributed by atoms with E-state index in [-0.39, 0.29) is 35.7 Å². The number of allylic oxidation sites excluding steroid dienone is 1. The number of carbonyl (C=O) groups excluding carboxylic acids is 1. The highest BCUT2D eigenvalue weighted by Crippen LogP contribution is 2.31. The smallest absolute Gasteiger partial charge is 0.286 e. The zero-order chi connectivity index (χ0) is 20.9. The van der Waals surface area contributed by atoms with Crippen LogP contribution < -0.4 is 10.7 Å². The molecule has 1 aliphatic heterocycles. The van der Waals surface area contributed by atoms with Crippen molar-refractivity contribution in [3.05, 3.63) is 58.2 Å². The van der Waals surface area contributed by atoms with E-state index in [0.717, 1.165) is 19.3 Å². The molecule has 1 aliphatic carbocycles. The van der Waals surface area contributed by atoms with Gasteiger partial charge in [-0.05, 0) is 50.3 Å². The molecular weight excluding hydrogens is 386 g/mol. The van der Waals surface area contributed by atoms with Gasteiger partial charge in [-0.25, -0.2) is 0 Å². The van der Waals surface area contributed by atoms with E-state index in [0.29, 0.717) is 42.4 Å². The highest BCUT2D eigenvalue weighted by molar-refractivity contribution is 5.92. The second-order valence-electron chi connectivity index (χ2n) is 7.84. The molecule has 1 fully saturated rings. The lowest BCUT2D eigenvalue weighted by Crippen LogP contribution is -2.42. The first-order valence-electron chi connectivity index (χ1n) is 10.6. The Morgan fingerprint density at radius 3 is 2.83 bits per heavy atom. The highest BCUT2D eigenvalue weighted by atomic mass is 16.7. The van der Waals surface area contributed by atoms with Crippen LogP contribution in [0.1, 0.15) is 50.0 Å². The molecule has 7 nitrogen and oxygen atoms in total. The summed E-state index contributed by atoms with van der Waals surface area (Å²) in [6.45, 7) is 0.506. The summed E-state index contributed by atoms with van der Waals surface area (Å²) in [6.07, 6.45) is 7.30. The topological polar surface area (TPSA) is 98.0 Å². The second kappa shape index (κ2) is 9.45. The third-order valence-corrected chi connectivity index (χ3v) is 5.68. The van der Waals surface area contributed by atoms with E-state index in [2.05, 4.69) is 5.32 Å². The summed E-state index contributed by atoms with van der Waals surface area (Å²) in [7, 11) is 0. The molecule has 30 heavy (non-hydrogen) atoms. The zero-order valence-corrected chi connectivity index (χ0v) is 16.8. The lowest BCUT2D eigenvalue weighted by atomic mass is 9.92. The summed E-state index contributed by atoms with van der Waals surface area (Å²) >= 11 is 0. The molecule has 0 bridgehead atoms. The summed E-state index contributed by atoms with van der Waals surface area (Å²) in [5.74, 6) is -0.457. The fourth-order valence-electron chi connectivity index (χ4n) is 3.72. The van der Waals surface area contributed by atoms with Crippen molar-refractivity contribution < 1.29 is 23.8 Å². The van der Waals surface area contributed by atoms with Crippen LogP contribution in [-0.4, -0.2) is 36.6 Å². The average molecular weight is 413 g/mol. The minimum Gasteiger partial charge on any atom is -0.464 e. The van der Waals surface area contributed by atoms with Crippen molar-refractivity contribution in [2.24, 2.45) is 0 Å². The van der Waals surface area contributed by atoms with Crippen molar-refractivity contribution in [2.75, 3.05) is 13.2 Å². The molecule has 4 rings (SSSR count). The first kappa shape index (κ1) is 20.6. The van der Waals surface area contributed by atoms with Crippen molar-refractivity contribution in [3.8, 4) is 0 Å². The SMILES string of the molecule is O=C(NC1CCC1)C1=C[C@@H](c2coc3ccccc3c2=O)C[C@@H](OCCCCO)O1. The molecule has 2 aliphatic rings. The number of hydrogen-bond donors (Lipinski definition) is 2. The number of unbranched alkanes of at least 4 members (excludes halogenated alkanes) is 1. The number of amides is 1. The van der Waals surface area contributed by atoms with Crippen molar-refractivity contribution in [3.63, 3.8) is 0 Å². The quantitative estimate of drug-likeness (QED) is 0.646. The van der Waals surface area contributed by atoms with Crippen LogP contribution >= 0.6 is 0 Å². The van der Waals surface area contributed by atoms with Gasteiger partial charge in [-0.15, -0.1) is 0 Å². The number of fused-ring (bicyclic) bond motifs is 1. The van der Waals surface area contributed by atoms with Gasteiger partial charge in [-0.1, -0.05) is 12.1 Å². The number of aliphatic hydroxyl groups is 1. The molecule has 160 valence electrons. The largest absolute Gasteiger partial charge is 0.464 e. The van der Waals surface area contributed by atoms with Crippen LogP contribution in [0.3, 0.4) is 0 Å². The summed E-state index contributed by atoms with van der Waals surface area (Å²) in [4.78, 5) is 25.7. The summed E-state index contributed by atoms with van der Waals surface area (Å²) < 4.78 is 17.3. The minimum absolute atomic E-state index is 0.102. The zero-order valence-electron chi connectivity index (χ0n) is 16.8. The van der Waals surface area contributed by atoms with Crippen molar-refractivity contribution >= 4 is 16.9 Å². The van der Waals surface area contributed by atoms with Gasteiger partial charge in [0.25, 0.3) is 5.91 Å². The summed E-state index contributed by atoms with van der Waals surface area (Å²) in [5.41, 5.74) is 0.898. The van der Waals surface area contributed by atoms with Gasteiger partial charge in [0.1, 0.15) is 5.58 Å². The number of rotatable bonds is 8. The number of nitrogens with one attached hydrogen (secondary N) is 1. The summed E-state index contributed by atoms with van der Waals surface area (Å²) in [5, 5.41) is 12.4. The molecule has 7 heteroatoms. The molecule has 0 spiro atoms. The molecule has 2 heterocycles. The van der Waals surface area contributed by atoms with E-state index in [4.69, 9.17) is 19.0 Å². The Kier molecular flexibility index (Phi) is 6.50. The van der Waals surface area contributed by atoms with Crippen molar-refractivity contribution in [2.45, 2.75) is 56.8 Å². The van der Waals surface area contributed by atoms with Gasteiger partial charge in [0.2, 0.25) is 6.29 Å². The third-order valence-electron chi connectivity index (χ3n) is 5.68. The molecule has 1 amide bonds. The Balaban J connectivity index is 1.58. The molecule has 1 saturated carbocycles. The predicted molar refractivity (Wildman–Crippen MR) is 111 cm³/mol. The number of aliphatic hydroxyl groups excluding tert-OH is 1. The van der Waals surface area contributed by atoms with Gasteiger partial charge in [0, 0.05) is 30.6 Å². The lowest BCUT2D eigenvalue weighted by Gasteiger charge is -2.31. The van der Waals surface area contributed by atoms with Crippen LogP contribution in [0.4, 0.5) is 0 Å². The number of benzene rings is 1. The molecule has 2 aromatic rings. The fraction of sp³-hybridized carbons (Fsp3) is 0.478. The molecule has 0 radical (unpaired) electrons. The first-order chi connectivity index (χ1) is 14.7. The van der Waals surface area contributed by atoms with Crippen LogP contribution in [0.5, 0.6) is 0 Å². The van der Waals surface area contributed by atoms with E-state index in [1.165, 1.54) is 6.26 Å². The lowest BCUT2D eigenvalue weighted by molar-refractivity contribution is -0.147. The van der Waals surface area contributed by atoms with E-state index in [1.54, 1.807) is 24.3 Å². The Bertz CT molecular complexity index is 977. The highest BCUT2D eigenvalue weighted by Gasteiger charge is 2.32. The Morgan fingerprint density at radius 2 is 2.07 bits per heavy atom. The monoisotopic (exact) mass is 413 g/mol. The maximum absolute atomic E-state index is 13.0. The normalized spacial score (nSPS) is 21.6. The van der Waals surface area contributed by atoms with Crippen LogP contribution in [0.2, 0.25) is 0 Å². The molecule has 2 N–H and O–H groups in total. The number of hydrogen-bond acceptors (Lipinski definition) is 6. The van der Waals surface area contributed by atoms with Crippen LogP contribution in [0, 0.1) is 0 Å². The van der Waals surface area contributed by atoms with Gasteiger partial charge in [-0.2, -0.15) is 0 Å². The molecule has 1 aromatic heterocycles. The maximum atomic E-state index is 13.0. The summed E-state index contributed by atoms with van der Waals surface area (Å²) in [6, 6.07) is 7.29. The van der Waals surface area contributed by atoms with Crippen molar-refractivity contribution in [1.82, 2.24) is 5.32 Å². The molecular formula is C23H27NO6. The Hall–Kier alpha value is -2.64. The van der Waals surface area contributed by atoms with Crippen LogP contribution in [0.15, 0.2) is 51.6 Å². The van der Waals surface area contributed by atoms with Gasteiger partial charge in [0.05, 0.1) is 18.3 Å². The van der Waals surface area contributed by atoms with Crippen LogP contribution in [-0.2, 0) is 14.3 Å². The maximum Gasteiger partial charge on any atom is 0.286 e. The van der Waals surface area contributed by atoms with E-state index in [1.807, 2.05) is 6.07 Å². The average Bonchev–Trinajstić information content (AvgIpc) is 2.74. The second-order valence-corrected chi connectivity index (χ2v) is 7.84. The van der Waals surface area contributed by atoms with Gasteiger partial charge >= 0.3 is 0 Å². The predicted octanol–water partition coefficient (Wildman–Crippen LogP) is 2.96. The van der Waals surface area contributed by atoms with Crippen molar-refractivity contribution in [1.29, 1.82) is 0 Å². The molecule has 2 atom stereocenters. The van der Waals surface area contributed by atoms with Gasteiger partial charge in [0.15, 0.2) is 11.2 Å². The standard InChI is InChI=1S/C23H27NO6/c25-10-3-4-11-28-21-13-15(12-20(30-21)23(27)24-16-6-5-7-16)18-14-29-19-9-2-1-8-17(19)22(18)26/h1-2,8-9,12,14-16,21,25H,3-7,10-11,13H2,(H,24,27)/t15-,21+/m1/s1. The van der Waals surface area contributed by atoms with Gasteiger partial charge < -0.3 is 24.3 Å². The molecule has 1 aromatic carbocycles. The van der Waals surface area contributed by atoms with Gasteiger partial charge in [-0.3, -0.25) is 9.59 Å². The number of para-hydroxylation sites is 1.